The number of nitrogens with two attached hydrogens (primary N) is 1. The number of nitrogen functional groups attached to an aromatic ring is 1. The van der Waals surface area contributed by atoms with E-state index in [1.807, 2.05) is 19.9 Å². The lowest BCUT2D eigenvalue weighted by Gasteiger charge is -2.06. The van der Waals surface area contributed by atoms with Crippen LogP contribution in [0.25, 0.3) is 11.6 Å². The number of aromatic nitrogens is 3. The Bertz CT molecular complexity index is 767. The summed E-state index contributed by atoms with van der Waals surface area (Å²) >= 11 is 0. The predicted octanol–water partition coefficient (Wildman–Crippen LogP) is 0.917. The highest BCUT2D eigenvalue weighted by atomic mass is 16.5. The fraction of sp³-hybridized carbons (Fsp3) is 0.526. The van der Waals surface area contributed by atoms with Crippen LogP contribution in [0.1, 0.15) is 38.4 Å². The highest BCUT2D eigenvalue weighted by Crippen LogP contribution is 2.20. The minimum Gasteiger partial charge on any atom is -0.466 e. The van der Waals surface area contributed by atoms with E-state index in [4.69, 9.17) is 25.8 Å². The first-order valence-corrected chi connectivity index (χ1v) is 8.91. The van der Waals surface area contributed by atoms with Crippen LogP contribution in [0.2, 0.25) is 0 Å². The Morgan fingerprint density at radius 2 is 1.97 bits per heavy atom. The Morgan fingerprint density at radius 1 is 1.38 bits per heavy atom. The summed E-state index contributed by atoms with van der Waals surface area (Å²) in [7, 11) is 2.93. The van der Waals surface area contributed by atoms with E-state index in [1.165, 1.54) is 33.4 Å². The third kappa shape index (κ3) is 10.5. The summed E-state index contributed by atoms with van der Waals surface area (Å²) < 4.78 is 11.0. The first-order valence-electron chi connectivity index (χ1n) is 8.91. The van der Waals surface area contributed by atoms with E-state index in [9.17, 15) is 4.79 Å². The van der Waals surface area contributed by atoms with Gasteiger partial charge in [0, 0.05) is 24.4 Å². The molecule has 0 fully saturated rings. The molecule has 0 aliphatic carbocycles. The maximum Gasteiger partial charge on any atom is 0.330 e. The molecule has 2 aromatic heterocycles. The van der Waals surface area contributed by atoms with Gasteiger partial charge in [-0.3, -0.25) is 0 Å². The van der Waals surface area contributed by atoms with E-state index in [1.54, 1.807) is 17.7 Å². The number of esters is 1. The standard InChI is InChI=1S/C11H12N4O2.C5H12O2.C3H8O2/c1-7-5-8(3-4-9(16)17-2)10-11(12)13-6-14-15(7)10;1-3-5(4-6)7-2;1-3(2,4)5/h3-6H,1-2H3,(H2,12,13,14);5-6H,3-4H2,1-2H3;4-5H,1-2H3/b4-3+;;. The van der Waals surface area contributed by atoms with E-state index in [-0.39, 0.29) is 12.7 Å². The molecule has 2 heterocycles. The van der Waals surface area contributed by atoms with Crippen LogP contribution in [0.3, 0.4) is 0 Å². The van der Waals surface area contributed by atoms with Crippen molar-refractivity contribution in [2.75, 3.05) is 26.6 Å². The molecule has 0 spiro atoms. The summed E-state index contributed by atoms with van der Waals surface area (Å²) in [5, 5.41) is 28.6. The number of carbonyl (C=O) groups excluding carboxylic acids is 1. The molecule has 29 heavy (non-hydrogen) atoms. The number of nitrogens with zero attached hydrogens (tertiary/aromatic N) is 3. The third-order valence-electron chi connectivity index (χ3n) is 3.38. The summed E-state index contributed by atoms with van der Waals surface area (Å²) in [5.74, 6) is -1.55. The predicted molar refractivity (Wildman–Crippen MR) is 110 cm³/mol. The molecule has 0 saturated heterocycles. The number of hydrogen-bond donors (Lipinski definition) is 4. The first kappa shape index (κ1) is 26.5. The van der Waals surface area contributed by atoms with Crippen LogP contribution in [0, 0.1) is 6.92 Å². The number of aliphatic hydroxyl groups excluding tert-OH is 1. The topological polar surface area (TPSA) is 152 Å². The molecule has 1 unspecified atom stereocenters. The van der Waals surface area contributed by atoms with Crippen LogP contribution in [0.4, 0.5) is 5.82 Å². The monoisotopic (exact) mass is 412 g/mol. The second kappa shape index (κ2) is 12.8. The molecule has 2 aromatic rings. The molecule has 0 aliphatic heterocycles. The number of ether oxygens (including phenoxy) is 2. The number of fused-ring (bicyclic) bond motifs is 1. The average molecular weight is 412 g/mol. The molecule has 0 aliphatic rings. The van der Waals surface area contributed by atoms with Crippen molar-refractivity contribution in [1.82, 2.24) is 14.6 Å². The zero-order chi connectivity index (χ0) is 22.6. The van der Waals surface area contributed by atoms with Crippen LogP contribution in [-0.2, 0) is 14.3 Å². The summed E-state index contributed by atoms with van der Waals surface area (Å²) in [5.41, 5.74) is 8.17. The molecular formula is C19H32N4O6. The molecule has 5 N–H and O–H groups in total. The van der Waals surface area contributed by atoms with Crippen molar-refractivity contribution in [2.24, 2.45) is 0 Å². The summed E-state index contributed by atoms with van der Waals surface area (Å²) in [4.78, 5) is 15.0. The maximum atomic E-state index is 11.0. The van der Waals surface area contributed by atoms with Gasteiger partial charge in [-0.05, 0) is 39.3 Å². The van der Waals surface area contributed by atoms with Gasteiger partial charge in [0.15, 0.2) is 11.6 Å². The summed E-state index contributed by atoms with van der Waals surface area (Å²) in [6.07, 6.45) is 5.28. The average Bonchev–Trinajstić information content (AvgIpc) is 2.97. The second-order valence-corrected chi connectivity index (χ2v) is 6.45. The fourth-order valence-electron chi connectivity index (χ4n) is 1.98. The highest BCUT2D eigenvalue weighted by molar-refractivity contribution is 5.90. The van der Waals surface area contributed by atoms with Gasteiger partial charge in [0.25, 0.3) is 0 Å². The van der Waals surface area contributed by atoms with Gasteiger partial charge < -0.3 is 30.5 Å². The number of anilines is 1. The van der Waals surface area contributed by atoms with E-state index >= 15 is 0 Å². The van der Waals surface area contributed by atoms with Gasteiger partial charge in [0.1, 0.15) is 11.8 Å². The van der Waals surface area contributed by atoms with E-state index in [0.29, 0.717) is 11.3 Å². The lowest BCUT2D eigenvalue weighted by atomic mass is 10.2. The van der Waals surface area contributed by atoms with Gasteiger partial charge in [0.2, 0.25) is 0 Å². The zero-order valence-electron chi connectivity index (χ0n) is 17.8. The molecule has 0 radical (unpaired) electrons. The number of hydrogen-bond acceptors (Lipinski definition) is 9. The number of aryl methyl sites for hydroxylation is 1. The Hall–Kier alpha value is -2.53. The van der Waals surface area contributed by atoms with Crippen molar-refractivity contribution in [3.8, 4) is 0 Å². The fourth-order valence-corrected chi connectivity index (χ4v) is 1.98. The van der Waals surface area contributed by atoms with E-state index < -0.39 is 11.8 Å². The molecule has 0 amide bonds. The second-order valence-electron chi connectivity index (χ2n) is 6.45. The molecular weight excluding hydrogens is 380 g/mol. The number of carbonyl (C=O) groups is 1. The van der Waals surface area contributed by atoms with Gasteiger partial charge in [-0.2, -0.15) is 5.10 Å². The van der Waals surface area contributed by atoms with Crippen molar-refractivity contribution in [1.29, 1.82) is 0 Å². The van der Waals surface area contributed by atoms with Crippen molar-refractivity contribution < 1.29 is 29.6 Å². The molecule has 0 saturated carbocycles. The Labute approximate surface area is 170 Å². The Balaban J connectivity index is 0.000000543. The van der Waals surface area contributed by atoms with Crippen molar-refractivity contribution in [3.05, 3.63) is 29.7 Å². The molecule has 1 atom stereocenters. The zero-order valence-corrected chi connectivity index (χ0v) is 17.8. The Kier molecular flexibility index (Phi) is 11.7. The van der Waals surface area contributed by atoms with Gasteiger partial charge in [-0.15, -0.1) is 0 Å². The smallest absolute Gasteiger partial charge is 0.330 e. The van der Waals surface area contributed by atoms with Gasteiger partial charge in [-0.1, -0.05) is 6.92 Å². The SMILES string of the molecule is CC(C)(O)O.CCC(CO)OC.COC(=O)/C=C/c1cc(C)n2ncnc(N)c12. The lowest BCUT2D eigenvalue weighted by Crippen LogP contribution is -2.15. The van der Waals surface area contributed by atoms with E-state index in [2.05, 4.69) is 14.8 Å². The van der Waals surface area contributed by atoms with Crippen LogP contribution >= 0.6 is 0 Å². The van der Waals surface area contributed by atoms with Crippen molar-refractivity contribution >= 4 is 23.4 Å². The minimum absolute atomic E-state index is 0.0417. The maximum absolute atomic E-state index is 11.0. The first-order chi connectivity index (χ1) is 13.5. The van der Waals surface area contributed by atoms with Gasteiger partial charge in [0.05, 0.1) is 19.8 Å². The largest absolute Gasteiger partial charge is 0.466 e. The quantitative estimate of drug-likeness (QED) is 0.319. The van der Waals surface area contributed by atoms with Gasteiger partial charge >= 0.3 is 5.97 Å². The molecule has 10 heteroatoms. The normalized spacial score (nSPS) is 12.0. The highest BCUT2D eigenvalue weighted by Gasteiger charge is 2.09. The molecule has 0 bridgehead atoms. The van der Waals surface area contributed by atoms with Crippen LogP contribution in [-0.4, -0.2) is 68.6 Å². The third-order valence-corrected chi connectivity index (χ3v) is 3.38. The number of methoxy groups -OCH3 is 2. The number of rotatable bonds is 5. The van der Waals surface area contributed by atoms with Crippen LogP contribution in [0.15, 0.2) is 18.5 Å². The van der Waals surface area contributed by atoms with Gasteiger partial charge in [-0.25, -0.2) is 14.3 Å². The Morgan fingerprint density at radius 3 is 2.38 bits per heavy atom. The summed E-state index contributed by atoms with van der Waals surface area (Å²) in [6.45, 7) is 6.60. The number of aliphatic hydroxyl groups is 3. The minimum atomic E-state index is -1.50. The molecule has 164 valence electrons. The molecule has 10 nitrogen and oxygen atoms in total. The molecule has 2 rings (SSSR count). The van der Waals surface area contributed by atoms with Crippen molar-refractivity contribution in [3.63, 3.8) is 0 Å². The van der Waals surface area contributed by atoms with Crippen LogP contribution in [0.5, 0.6) is 0 Å². The lowest BCUT2D eigenvalue weighted by molar-refractivity contribution is -0.134. The molecule has 0 aromatic carbocycles. The summed E-state index contributed by atoms with van der Waals surface area (Å²) in [6, 6.07) is 1.87. The van der Waals surface area contributed by atoms with Crippen LogP contribution < -0.4 is 5.73 Å². The van der Waals surface area contributed by atoms with Crippen molar-refractivity contribution in [2.45, 2.75) is 46.0 Å². The van der Waals surface area contributed by atoms with E-state index in [0.717, 1.165) is 17.7 Å².